The van der Waals surface area contributed by atoms with Crippen LogP contribution in [0.25, 0.3) is 5.69 Å². The van der Waals surface area contributed by atoms with Crippen LogP contribution in [-0.4, -0.2) is 57.6 Å². The van der Waals surface area contributed by atoms with E-state index >= 15 is 0 Å². The predicted molar refractivity (Wildman–Crippen MR) is 103 cm³/mol. The standard InChI is InChI=1S/C19H23BrN4O2/c1-19(2,3)18(26)23-10-8-22(9-11-23)17(25)14-4-6-16(7-5-14)24-13-15(20)12-21-24/h4-7,12-13H,8-11H2,1-3H3. The lowest BCUT2D eigenvalue weighted by molar-refractivity contribution is -0.140. The number of aromatic nitrogens is 2. The quantitative estimate of drug-likeness (QED) is 0.752. The summed E-state index contributed by atoms with van der Waals surface area (Å²) in [5.41, 5.74) is 1.16. The van der Waals surface area contributed by atoms with Crippen LogP contribution in [0, 0.1) is 5.41 Å². The highest BCUT2D eigenvalue weighted by molar-refractivity contribution is 9.10. The Balaban J connectivity index is 1.63. The Morgan fingerprint density at radius 3 is 2.08 bits per heavy atom. The second-order valence-electron chi connectivity index (χ2n) is 7.48. The molecule has 1 aromatic carbocycles. The molecule has 7 heteroatoms. The normalized spacial score (nSPS) is 15.2. The Hall–Kier alpha value is -2.15. The van der Waals surface area contributed by atoms with Gasteiger partial charge >= 0.3 is 0 Å². The first-order valence-electron chi connectivity index (χ1n) is 8.65. The van der Waals surface area contributed by atoms with E-state index in [4.69, 9.17) is 0 Å². The Labute approximate surface area is 161 Å². The monoisotopic (exact) mass is 418 g/mol. The average molecular weight is 419 g/mol. The number of amides is 2. The molecule has 1 saturated heterocycles. The van der Waals surface area contributed by atoms with Crippen LogP contribution in [0.2, 0.25) is 0 Å². The van der Waals surface area contributed by atoms with Gasteiger partial charge in [-0.1, -0.05) is 20.8 Å². The fourth-order valence-corrected chi connectivity index (χ4v) is 3.25. The molecule has 0 atom stereocenters. The van der Waals surface area contributed by atoms with Gasteiger partial charge in [-0.2, -0.15) is 5.10 Å². The number of hydrogen-bond donors (Lipinski definition) is 0. The first-order chi connectivity index (χ1) is 12.3. The van der Waals surface area contributed by atoms with Gasteiger partial charge in [0, 0.05) is 43.4 Å². The summed E-state index contributed by atoms with van der Waals surface area (Å²) in [5, 5.41) is 4.23. The van der Waals surface area contributed by atoms with Gasteiger partial charge in [0.1, 0.15) is 0 Å². The molecule has 3 rings (SSSR count). The maximum Gasteiger partial charge on any atom is 0.253 e. The Morgan fingerprint density at radius 1 is 1.00 bits per heavy atom. The van der Waals surface area contributed by atoms with Crippen LogP contribution >= 0.6 is 15.9 Å². The zero-order valence-corrected chi connectivity index (χ0v) is 16.9. The van der Waals surface area contributed by atoms with E-state index in [0.29, 0.717) is 31.7 Å². The molecule has 138 valence electrons. The van der Waals surface area contributed by atoms with Crippen LogP contribution < -0.4 is 0 Å². The minimum absolute atomic E-state index is 0.000975. The lowest BCUT2D eigenvalue weighted by Crippen LogP contribution is -2.53. The van der Waals surface area contributed by atoms with Gasteiger partial charge in [0.15, 0.2) is 0 Å². The molecule has 1 aliphatic rings. The number of benzene rings is 1. The second kappa shape index (κ2) is 7.23. The molecule has 0 radical (unpaired) electrons. The zero-order valence-electron chi connectivity index (χ0n) is 15.3. The van der Waals surface area contributed by atoms with E-state index in [2.05, 4.69) is 21.0 Å². The summed E-state index contributed by atoms with van der Waals surface area (Å²) in [6.07, 6.45) is 3.58. The van der Waals surface area contributed by atoms with Crippen molar-refractivity contribution in [2.45, 2.75) is 20.8 Å². The van der Waals surface area contributed by atoms with E-state index < -0.39 is 0 Å². The molecule has 2 aromatic rings. The summed E-state index contributed by atoms with van der Waals surface area (Å²) in [6.45, 7) is 8.07. The van der Waals surface area contributed by atoms with Crippen molar-refractivity contribution >= 4 is 27.7 Å². The summed E-state index contributed by atoms with van der Waals surface area (Å²) >= 11 is 3.37. The third kappa shape index (κ3) is 3.98. The molecule has 6 nitrogen and oxygen atoms in total. The van der Waals surface area contributed by atoms with Crippen molar-refractivity contribution in [2.75, 3.05) is 26.2 Å². The van der Waals surface area contributed by atoms with Crippen LogP contribution in [0.1, 0.15) is 31.1 Å². The summed E-state index contributed by atoms with van der Waals surface area (Å²) in [6, 6.07) is 7.40. The van der Waals surface area contributed by atoms with Crippen molar-refractivity contribution in [1.29, 1.82) is 0 Å². The molecular formula is C19H23BrN4O2. The molecule has 0 unspecified atom stereocenters. The Morgan fingerprint density at radius 2 is 1.58 bits per heavy atom. The smallest absolute Gasteiger partial charge is 0.253 e. The maximum absolute atomic E-state index is 12.7. The highest BCUT2D eigenvalue weighted by Gasteiger charge is 2.31. The number of nitrogens with zero attached hydrogens (tertiary/aromatic N) is 4. The number of halogens is 1. The van der Waals surface area contributed by atoms with Crippen molar-refractivity contribution in [1.82, 2.24) is 19.6 Å². The lowest BCUT2D eigenvalue weighted by Gasteiger charge is -2.37. The fourth-order valence-electron chi connectivity index (χ4n) is 2.97. The van der Waals surface area contributed by atoms with E-state index in [-0.39, 0.29) is 17.2 Å². The third-order valence-corrected chi connectivity index (χ3v) is 4.84. The van der Waals surface area contributed by atoms with Crippen molar-refractivity contribution < 1.29 is 9.59 Å². The second-order valence-corrected chi connectivity index (χ2v) is 8.40. The van der Waals surface area contributed by atoms with E-state index in [1.54, 1.807) is 10.9 Å². The zero-order chi connectivity index (χ0) is 18.9. The van der Waals surface area contributed by atoms with Crippen molar-refractivity contribution in [3.05, 3.63) is 46.7 Å². The summed E-state index contributed by atoms with van der Waals surface area (Å²) in [4.78, 5) is 28.7. The van der Waals surface area contributed by atoms with Gasteiger partial charge < -0.3 is 9.80 Å². The lowest BCUT2D eigenvalue weighted by atomic mass is 9.94. The van der Waals surface area contributed by atoms with Crippen molar-refractivity contribution in [3.63, 3.8) is 0 Å². The van der Waals surface area contributed by atoms with Crippen LogP contribution in [0.15, 0.2) is 41.1 Å². The minimum Gasteiger partial charge on any atom is -0.339 e. The molecule has 1 aliphatic heterocycles. The molecule has 2 amide bonds. The van der Waals surface area contributed by atoms with Gasteiger partial charge in [-0.05, 0) is 40.2 Å². The van der Waals surface area contributed by atoms with Gasteiger partial charge in [0.05, 0.1) is 16.4 Å². The fraction of sp³-hybridized carbons (Fsp3) is 0.421. The number of rotatable bonds is 2. The molecule has 1 aromatic heterocycles. The van der Waals surface area contributed by atoms with Crippen LogP contribution in [0.3, 0.4) is 0 Å². The third-order valence-electron chi connectivity index (χ3n) is 4.43. The van der Waals surface area contributed by atoms with E-state index in [9.17, 15) is 9.59 Å². The van der Waals surface area contributed by atoms with Gasteiger partial charge in [-0.25, -0.2) is 4.68 Å². The average Bonchev–Trinajstić information content (AvgIpc) is 3.06. The molecule has 2 heterocycles. The van der Waals surface area contributed by atoms with Crippen LogP contribution in [0.4, 0.5) is 0 Å². The highest BCUT2D eigenvalue weighted by atomic mass is 79.9. The van der Waals surface area contributed by atoms with Crippen LogP contribution in [-0.2, 0) is 4.79 Å². The molecule has 0 spiro atoms. The van der Waals surface area contributed by atoms with Gasteiger partial charge in [0.2, 0.25) is 5.91 Å². The largest absolute Gasteiger partial charge is 0.339 e. The van der Waals surface area contributed by atoms with Gasteiger partial charge in [-0.15, -0.1) is 0 Å². The Kier molecular flexibility index (Phi) is 5.18. The van der Waals surface area contributed by atoms with E-state index in [1.165, 1.54) is 0 Å². The molecule has 1 fully saturated rings. The first-order valence-corrected chi connectivity index (χ1v) is 9.44. The Bertz CT molecular complexity index is 800. The number of carbonyl (C=O) groups excluding carboxylic acids is 2. The summed E-state index contributed by atoms with van der Waals surface area (Å²) in [5.74, 6) is 0.139. The predicted octanol–water partition coefficient (Wildman–Crippen LogP) is 2.97. The highest BCUT2D eigenvalue weighted by Crippen LogP contribution is 2.20. The number of hydrogen-bond acceptors (Lipinski definition) is 3. The molecule has 0 bridgehead atoms. The first kappa shape index (κ1) is 18.6. The van der Waals surface area contributed by atoms with Crippen molar-refractivity contribution in [2.24, 2.45) is 5.41 Å². The van der Waals surface area contributed by atoms with E-state index in [0.717, 1.165) is 10.2 Å². The summed E-state index contributed by atoms with van der Waals surface area (Å²) < 4.78 is 2.65. The molecular weight excluding hydrogens is 396 g/mol. The van der Waals surface area contributed by atoms with Crippen molar-refractivity contribution in [3.8, 4) is 5.69 Å². The maximum atomic E-state index is 12.7. The number of piperazine rings is 1. The SMILES string of the molecule is CC(C)(C)C(=O)N1CCN(C(=O)c2ccc(-n3cc(Br)cn3)cc2)CC1. The topological polar surface area (TPSA) is 58.4 Å². The molecule has 26 heavy (non-hydrogen) atoms. The minimum atomic E-state index is -0.385. The summed E-state index contributed by atoms with van der Waals surface area (Å²) in [7, 11) is 0. The van der Waals surface area contributed by atoms with Gasteiger partial charge in [-0.3, -0.25) is 9.59 Å². The number of carbonyl (C=O) groups is 2. The van der Waals surface area contributed by atoms with E-state index in [1.807, 2.05) is 61.0 Å². The van der Waals surface area contributed by atoms with Crippen LogP contribution in [0.5, 0.6) is 0 Å². The van der Waals surface area contributed by atoms with Gasteiger partial charge in [0.25, 0.3) is 5.91 Å². The molecule has 0 N–H and O–H groups in total. The molecule has 0 saturated carbocycles. The molecule has 0 aliphatic carbocycles.